The van der Waals surface area contributed by atoms with Crippen LogP contribution in [0.5, 0.6) is 0 Å². The van der Waals surface area contributed by atoms with Crippen molar-refractivity contribution in [3.05, 3.63) is 58.4 Å². The maximum absolute atomic E-state index is 12.2. The van der Waals surface area contributed by atoms with E-state index in [2.05, 4.69) is 15.6 Å². The molecule has 0 saturated heterocycles. The van der Waals surface area contributed by atoms with E-state index in [1.54, 1.807) is 25.1 Å². The van der Waals surface area contributed by atoms with Gasteiger partial charge in [-0.15, -0.1) is 0 Å². The van der Waals surface area contributed by atoms with E-state index in [0.29, 0.717) is 16.3 Å². The molecule has 9 heteroatoms. The number of ketones is 1. The Morgan fingerprint density at radius 3 is 2.79 bits per heavy atom. The molecule has 144 valence electrons. The Bertz CT molecular complexity index is 976. The number of anilines is 1. The van der Waals surface area contributed by atoms with Crippen LogP contribution >= 0.6 is 11.6 Å². The first-order valence-electron chi connectivity index (χ1n) is 8.38. The van der Waals surface area contributed by atoms with Gasteiger partial charge in [0.05, 0.1) is 5.92 Å². The molecule has 1 aromatic carbocycles. The van der Waals surface area contributed by atoms with E-state index in [1.165, 1.54) is 18.3 Å². The highest BCUT2D eigenvalue weighted by Gasteiger charge is 2.27. The fourth-order valence-electron chi connectivity index (χ4n) is 2.64. The number of nitrogens with zero attached hydrogens (tertiary/aromatic N) is 1. The molecule has 1 aromatic heterocycles. The summed E-state index contributed by atoms with van der Waals surface area (Å²) in [6.45, 7) is 0.853. The van der Waals surface area contributed by atoms with Gasteiger partial charge in [-0.1, -0.05) is 11.6 Å². The number of benzene rings is 1. The van der Waals surface area contributed by atoms with Crippen LogP contribution in [-0.4, -0.2) is 41.7 Å². The molecule has 0 aliphatic carbocycles. The zero-order valence-corrected chi connectivity index (χ0v) is 15.6. The number of pyridine rings is 1. The van der Waals surface area contributed by atoms with Crippen LogP contribution in [0.15, 0.2) is 36.5 Å². The smallest absolute Gasteiger partial charge is 0.325 e. The average Bonchev–Trinajstić information content (AvgIpc) is 2.97. The molecule has 2 N–H and O–H groups in total. The minimum absolute atomic E-state index is 0.0618. The van der Waals surface area contributed by atoms with Crippen LogP contribution in [0, 0.1) is 0 Å². The van der Waals surface area contributed by atoms with Crippen molar-refractivity contribution in [2.45, 2.75) is 12.8 Å². The number of carbonyl (C=O) groups excluding carboxylic acids is 4. The van der Waals surface area contributed by atoms with E-state index < -0.39 is 30.8 Å². The van der Waals surface area contributed by atoms with Gasteiger partial charge >= 0.3 is 5.97 Å². The molecule has 0 spiro atoms. The molecular formula is C19H16ClN3O5. The number of nitrogens with one attached hydrogen (secondary N) is 2. The summed E-state index contributed by atoms with van der Waals surface area (Å²) in [7, 11) is 0. The van der Waals surface area contributed by atoms with Crippen LogP contribution in [0.25, 0.3) is 0 Å². The van der Waals surface area contributed by atoms with Gasteiger partial charge in [0, 0.05) is 22.5 Å². The van der Waals surface area contributed by atoms with E-state index >= 15 is 0 Å². The van der Waals surface area contributed by atoms with Gasteiger partial charge < -0.3 is 15.4 Å². The number of esters is 1. The molecule has 2 heterocycles. The molecular weight excluding hydrogens is 386 g/mol. The molecule has 2 amide bonds. The summed E-state index contributed by atoms with van der Waals surface area (Å²) >= 11 is 5.77. The predicted octanol–water partition coefficient (Wildman–Crippen LogP) is 1.95. The summed E-state index contributed by atoms with van der Waals surface area (Å²) in [6.07, 6.45) is 1.37. The maximum Gasteiger partial charge on any atom is 0.325 e. The van der Waals surface area contributed by atoms with Gasteiger partial charge in [-0.25, -0.2) is 0 Å². The molecule has 0 bridgehead atoms. The molecule has 0 saturated carbocycles. The third-order valence-electron chi connectivity index (χ3n) is 4.20. The highest BCUT2D eigenvalue weighted by atomic mass is 35.5. The Hall–Kier alpha value is -3.26. The van der Waals surface area contributed by atoms with Crippen molar-refractivity contribution >= 4 is 40.9 Å². The van der Waals surface area contributed by atoms with Crippen LogP contribution in [-0.2, 0) is 14.3 Å². The van der Waals surface area contributed by atoms with Crippen molar-refractivity contribution in [3.8, 4) is 0 Å². The Kier molecular flexibility index (Phi) is 5.70. The lowest BCUT2D eigenvalue weighted by Gasteiger charge is -2.08. The summed E-state index contributed by atoms with van der Waals surface area (Å²) in [6, 6.07) is 7.69. The van der Waals surface area contributed by atoms with Crippen LogP contribution in [0.3, 0.4) is 0 Å². The number of amides is 2. The number of Topliss-reactive ketones (excluding diaryl/α,β-unsaturated/α-hetero) is 1. The lowest BCUT2D eigenvalue weighted by Crippen LogP contribution is -2.32. The SMILES string of the molecule is C[C@@H]1C(=O)Nc2ccc(C(=O)COC(=O)CNC(=O)c3cc(Cl)ccn3)cc21. The minimum Gasteiger partial charge on any atom is -0.456 e. The number of ether oxygens (including phenoxy) is 1. The predicted molar refractivity (Wildman–Crippen MR) is 100 cm³/mol. The Labute approximate surface area is 165 Å². The van der Waals surface area contributed by atoms with Gasteiger partial charge in [0.25, 0.3) is 5.91 Å². The number of hydrogen-bond acceptors (Lipinski definition) is 6. The topological polar surface area (TPSA) is 114 Å². The molecule has 2 aromatic rings. The quantitative estimate of drug-likeness (QED) is 0.564. The second-order valence-electron chi connectivity index (χ2n) is 6.14. The minimum atomic E-state index is -0.768. The third kappa shape index (κ3) is 4.34. The summed E-state index contributed by atoms with van der Waals surface area (Å²) < 4.78 is 4.90. The van der Waals surface area contributed by atoms with Gasteiger partial charge in [-0.3, -0.25) is 24.2 Å². The first kappa shape index (κ1) is 19.5. The first-order chi connectivity index (χ1) is 13.3. The number of aromatic nitrogens is 1. The second-order valence-corrected chi connectivity index (χ2v) is 6.58. The molecule has 0 radical (unpaired) electrons. The largest absolute Gasteiger partial charge is 0.456 e. The average molecular weight is 402 g/mol. The summed E-state index contributed by atoms with van der Waals surface area (Å²) in [5.74, 6) is -2.24. The van der Waals surface area contributed by atoms with Gasteiger partial charge in [0.15, 0.2) is 12.4 Å². The molecule has 1 aliphatic heterocycles. The Balaban J connectivity index is 1.50. The first-order valence-corrected chi connectivity index (χ1v) is 8.76. The number of rotatable bonds is 6. The maximum atomic E-state index is 12.2. The summed E-state index contributed by atoms with van der Waals surface area (Å²) in [5.41, 5.74) is 1.79. The monoisotopic (exact) mass is 401 g/mol. The molecule has 0 unspecified atom stereocenters. The second kappa shape index (κ2) is 8.18. The Morgan fingerprint density at radius 2 is 2.04 bits per heavy atom. The Morgan fingerprint density at radius 1 is 1.25 bits per heavy atom. The molecule has 3 rings (SSSR count). The third-order valence-corrected chi connectivity index (χ3v) is 4.44. The van der Waals surface area contributed by atoms with Crippen molar-refractivity contribution < 1.29 is 23.9 Å². The number of carbonyl (C=O) groups is 4. The molecule has 28 heavy (non-hydrogen) atoms. The van der Waals surface area contributed by atoms with Crippen molar-refractivity contribution in [2.24, 2.45) is 0 Å². The summed E-state index contributed by atoms with van der Waals surface area (Å²) in [5, 5.41) is 5.40. The summed E-state index contributed by atoms with van der Waals surface area (Å²) in [4.78, 5) is 51.4. The van der Waals surface area contributed by atoms with Crippen molar-refractivity contribution in [1.29, 1.82) is 0 Å². The van der Waals surface area contributed by atoms with Crippen LogP contribution in [0.1, 0.15) is 39.3 Å². The van der Waals surface area contributed by atoms with E-state index in [1.807, 2.05) is 0 Å². The molecule has 8 nitrogen and oxygen atoms in total. The highest BCUT2D eigenvalue weighted by molar-refractivity contribution is 6.30. The molecule has 0 fully saturated rings. The fourth-order valence-corrected chi connectivity index (χ4v) is 2.80. The normalized spacial score (nSPS) is 14.8. The van der Waals surface area contributed by atoms with E-state index in [-0.39, 0.29) is 17.5 Å². The fraction of sp³-hybridized carbons (Fsp3) is 0.211. The molecule has 1 atom stereocenters. The lowest BCUT2D eigenvalue weighted by molar-refractivity contribution is -0.141. The number of halogens is 1. The number of fused-ring (bicyclic) bond motifs is 1. The van der Waals surface area contributed by atoms with Gasteiger partial charge in [0.2, 0.25) is 5.91 Å². The van der Waals surface area contributed by atoms with Crippen LogP contribution in [0.4, 0.5) is 5.69 Å². The number of hydrogen-bond donors (Lipinski definition) is 2. The van der Waals surface area contributed by atoms with E-state index in [9.17, 15) is 19.2 Å². The van der Waals surface area contributed by atoms with Crippen molar-refractivity contribution in [1.82, 2.24) is 10.3 Å². The standard InChI is InChI=1S/C19H16ClN3O5/c1-10-13-6-11(2-3-14(13)23-18(10)26)16(24)9-28-17(25)8-22-19(27)15-7-12(20)4-5-21-15/h2-7,10H,8-9H2,1H3,(H,22,27)(H,23,26)/t10-/m0/s1. The zero-order valence-electron chi connectivity index (χ0n) is 14.8. The van der Waals surface area contributed by atoms with Crippen LogP contribution < -0.4 is 10.6 Å². The van der Waals surface area contributed by atoms with Gasteiger partial charge in [-0.2, -0.15) is 0 Å². The van der Waals surface area contributed by atoms with Gasteiger partial charge in [0.1, 0.15) is 12.2 Å². The lowest BCUT2D eigenvalue weighted by atomic mass is 9.99. The van der Waals surface area contributed by atoms with Crippen molar-refractivity contribution in [3.63, 3.8) is 0 Å². The highest BCUT2D eigenvalue weighted by Crippen LogP contribution is 2.32. The van der Waals surface area contributed by atoms with Crippen LogP contribution in [0.2, 0.25) is 5.02 Å². The zero-order chi connectivity index (χ0) is 20.3. The molecule has 1 aliphatic rings. The van der Waals surface area contributed by atoms with Crippen molar-refractivity contribution in [2.75, 3.05) is 18.5 Å². The van der Waals surface area contributed by atoms with Gasteiger partial charge in [-0.05, 0) is 42.8 Å². The van der Waals surface area contributed by atoms with E-state index in [0.717, 1.165) is 5.56 Å². The van der Waals surface area contributed by atoms with E-state index in [4.69, 9.17) is 16.3 Å².